The van der Waals surface area contributed by atoms with Crippen LogP contribution in [-0.4, -0.2) is 42.8 Å². The molecule has 0 radical (unpaired) electrons. The molecule has 0 fully saturated rings. The van der Waals surface area contributed by atoms with Crippen molar-refractivity contribution in [2.24, 2.45) is 5.73 Å². The largest absolute Gasteiger partial charge is 0.463 e. The van der Waals surface area contributed by atoms with Gasteiger partial charge in [-0.2, -0.15) is 0 Å². The average Bonchev–Trinajstić information content (AvgIpc) is 2.47. The molecule has 0 spiro atoms. The van der Waals surface area contributed by atoms with Crippen molar-refractivity contribution in [3.63, 3.8) is 0 Å². The van der Waals surface area contributed by atoms with Gasteiger partial charge in [-0.3, -0.25) is 4.79 Å². The summed E-state index contributed by atoms with van der Waals surface area (Å²) >= 11 is 0. The van der Waals surface area contributed by atoms with Crippen LogP contribution in [0.1, 0.15) is 47.0 Å². The second kappa shape index (κ2) is 10.6. The third kappa shape index (κ3) is 6.49. The highest BCUT2D eigenvalue weighted by Crippen LogP contribution is 2.24. The van der Waals surface area contributed by atoms with E-state index in [4.69, 9.17) is 15.2 Å². The zero-order valence-corrected chi connectivity index (χ0v) is 15.2. The number of amides is 1. The number of rotatable bonds is 7. The molecule has 0 heterocycles. The van der Waals surface area contributed by atoms with E-state index in [1.54, 1.807) is 13.0 Å². The van der Waals surface area contributed by atoms with Gasteiger partial charge in [0, 0.05) is 18.5 Å². The summed E-state index contributed by atoms with van der Waals surface area (Å²) in [5.74, 6) is -0.524. The summed E-state index contributed by atoms with van der Waals surface area (Å²) in [6, 6.07) is -0.719. The SMILES string of the molecule is CCOC(=O)C1=C[C@H](OC(CC)CC)[C@@H](NC(C)=O)[C@H](N)C1.Cl. The summed E-state index contributed by atoms with van der Waals surface area (Å²) in [6.07, 6.45) is 3.48. The Hall–Kier alpha value is -1.11. The highest BCUT2D eigenvalue weighted by atomic mass is 35.5. The quantitative estimate of drug-likeness (QED) is 0.683. The van der Waals surface area contributed by atoms with Gasteiger partial charge in [-0.05, 0) is 32.3 Å². The number of carbonyl (C=O) groups excluding carboxylic acids is 2. The third-order valence-electron chi connectivity index (χ3n) is 3.80. The Kier molecular flexibility index (Phi) is 10.1. The summed E-state index contributed by atoms with van der Waals surface area (Å²) in [4.78, 5) is 23.4. The van der Waals surface area contributed by atoms with Gasteiger partial charge in [0.1, 0.15) is 0 Å². The van der Waals surface area contributed by atoms with Crippen LogP contribution in [0, 0.1) is 0 Å². The van der Waals surface area contributed by atoms with Crippen LogP contribution in [0.4, 0.5) is 0 Å². The predicted molar refractivity (Wildman–Crippen MR) is 91.4 cm³/mol. The van der Waals surface area contributed by atoms with Crippen LogP contribution in [0.2, 0.25) is 0 Å². The maximum absolute atomic E-state index is 12.0. The fourth-order valence-electron chi connectivity index (χ4n) is 2.62. The lowest BCUT2D eigenvalue weighted by Crippen LogP contribution is -2.57. The molecule has 134 valence electrons. The van der Waals surface area contributed by atoms with Crippen LogP contribution in [-0.2, 0) is 19.1 Å². The zero-order chi connectivity index (χ0) is 16.7. The number of halogens is 1. The van der Waals surface area contributed by atoms with E-state index >= 15 is 0 Å². The van der Waals surface area contributed by atoms with E-state index in [9.17, 15) is 9.59 Å². The maximum Gasteiger partial charge on any atom is 0.333 e. The molecular formula is C16H29ClN2O4. The first-order chi connectivity index (χ1) is 10.4. The second-order valence-electron chi connectivity index (χ2n) is 5.55. The van der Waals surface area contributed by atoms with E-state index in [1.807, 2.05) is 13.8 Å². The molecular weight excluding hydrogens is 320 g/mol. The Bertz CT molecular complexity index is 424. The van der Waals surface area contributed by atoms with Gasteiger partial charge in [0.2, 0.25) is 5.91 Å². The van der Waals surface area contributed by atoms with Gasteiger partial charge in [0.25, 0.3) is 0 Å². The van der Waals surface area contributed by atoms with E-state index < -0.39 is 6.10 Å². The smallest absolute Gasteiger partial charge is 0.333 e. The van der Waals surface area contributed by atoms with Gasteiger partial charge in [0.15, 0.2) is 0 Å². The van der Waals surface area contributed by atoms with E-state index in [0.717, 1.165) is 12.8 Å². The molecule has 6 nitrogen and oxygen atoms in total. The summed E-state index contributed by atoms with van der Waals surface area (Å²) in [7, 11) is 0. The third-order valence-corrected chi connectivity index (χ3v) is 3.80. The van der Waals surface area contributed by atoms with Crippen LogP contribution in [0.3, 0.4) is 0 Å². The standard InChI is InChI=1S/C16H28N2O4.ClH/c1-5-12(6-2)22-14-9-11(16(20)21-7-3)8-13(17)15(14)18-10(4)19;/h9,12-15H,5-8,17H2,1-4H3,(H,18,19);1H/t13-,14+,15+;/m1./s1. The molecule has 0 saturated heterocycles. The molecule has 7 heteroatoms. The minimum Gasteiger partial charge on any atom is -0.463 e. The van der Waals surface area contributed by atoms with E-state index in [1.165, 1.54) is 6.92 Å². The number of ether oxygens (including phenoxy) is 2. The zero-order valence-electron chi connectivity index (χ0n) is 14.3. The van der Waals surface area contributed by atoms with Crippen LogP contribution in [0.5, 0.6) is 0 Å². The number of esters is 1. The molecule has 23 heavy (non-hydrogen) atoms. The van der Waals surface area contributed by atoms with Crippen molar-refractivity contribution in [2.75, 3.05) is 6.61 Å². The average molecular weight is 349 g/mol. The second-order valence-corrected chi connectivity index (χ2v) is 5.55. The van der Waals surface area contributed by atoms with Gasteiger partial charge in [-0.15, -0.1) is 12.4 Å². The van der Waals surface area contributed by atoms with Gasteiger partial charge in [-0.1, -0.05) is 13.8 Å². The molecule has 3 atom stereocenters. The van der Waals surface area contributed by atoms with Gasteiger partial charge >= 0.3 is 5.97 Å². The number of nitrogens with one attached hydrogen (secondary N) is 1. The Morgan fingerprint density at radius 1 is 1.35 bits per heavy atom. The van der Waals surface area contributed by atoms with Crippen molar-refractivity contribution >= 4 is 24.3 Å². The highest BCUT2D eigenvalue weighted by molar-refractivity contribution is 5.89. The summed E-state index contributed by atoms with van der Waals surface area (Å²) in [6.45, 7) is 7.62. The van der Waals surface area contributed by atoms with Crippen molar-refractivity contribution in [3.8, 4) is 0 Å². The Balaban J connectivity index is 0.00000484. The lowest BCUT2D eigenvalue weighted by Gasteiger charge is -2.36. The fourth-order valence-corrected chi connectivity index (χ4v) is 2.62. The monoisotopic (exact) mass is 348 g/mol. The first kappa shape index (κ1) is 21.9. The van der Waals surface area contributed by atoms with Crippen molar-refractivity contribution in [1.29, 1.82) is 0 Å². The summed E-state index contributed by atoms with van der Waals surface area (Å²) in [5.41, 5.74) is 6.68. The highest BCUT2D eigenvalue weighted by Gasteiger charge is 2.35. The van der Waals surface area contributed by atoms with Gasteiger partial charge in [0.05, 0.1) is 24.9 Å². The minimum absolute atomic E-state index is 0. The lowest BCUT2D eigenvalue weighted by molar-refractivity contribution is -0.139. The van der Waals surface area contributed by atoms with Crippen molar-refractivity contribution in [3.05, 3.63) is 11.6 Å². The van der Waals surface area contributed by atoms with Crippen LogP contribution < -0.4 is 11.1 Å². The van der Waals surface area contributed by atoms with E-state index in [0.29, 0.717) is 18.6 Å². The Morgan fingerprint density at radius 3 is 2.43 bits per heavy atom. The molecule has 0 aromatic carbocycles. The molecule has 3 N–H and O–H groups in total. The van der Waals surface area contributed by atoms with Gasteiger partial charge in [-0.25, -0.2) is 4.79 Å². The van der Waals surface area contributed by atoms with E-state index in [2.05, 4.69) is 5.32 Å². The number of hydrogen-bond donors (Lipinski definition) is 2. The van der Waals surface area contributed by atoms with Crippen molar-refractivity contribution in [2.45, 2.75) is 71.2 Å². The van der Waals surface area contributed by atoms with Crippen LogP contribution >= 0.6 is 12.4 Å². The molecule has 1 rings (SSSR count). The number of hydrogen-bond acceptors (Lipinski definition) is 5. The Morgan fingerprint density at radius 2 is 1.96 bits per heavy atom. The topological polar surface area (TPSA) is 90.6 Å². The van der Waals surface area contributed by atoms with Crippen LogP contribution in [0.15, 0.2) is 11.6 Å². The normalized spacial score (nSPS) is 23.7. The summed E-state index contributed by atoms with van der Waals surface area (Å²) in [5, 5.41) is 2.84. The van der Waals surface area contributed by atoms with E-state index in [-0.39, 0.29) is 42.5 Å². The molecule has 0 aliphatic heterocycles. The molecule has 0 saturated carbocycles. The molecule has 0 aromatic rings. The first-order valence-corrected chi connectivity index (χ1v) is 7.98. The maximum atomic E-state index is 12.0. The number of nitrogens with two attached hydrogens (primary N) is 1. The van der Waals surface area contributed by atoms with Crippen molar-refractivity contribution in [1.82, 2.24) is 5.32 Å². The molecule has 0 aromatic heterocycles. The lowest BCUT2D eigenvalue weighted by atomic mass is 9.88. The molecule has 1 aliphatic rings. The van der Waals surface area contributed by atoms with Crippen molar-refractivity contribution < 1.29 is 19.1 Å². The van der Waals surface area contributed by atoms with Gasteiger partial charge < -0.3 is 20.5 Å². The minimum atomic E-state index is -0.419. The molecule has 0 bridgehead atoms. The fraction of sp³-hybridized carbons (Fsp3) is 0.750. The molecule has 1 aliphatic carbocycles. The first-order valence-electron chi connectivity index (χ1n) is 7.98. The van der Waals surface area contributed by atoms with Crippen LogP contribution in [0.25, 0.3) is 0 Å². The summed E-state index contributed by atoms with van der Waals surface area (Å²) < 4.78 is 11.1. The predicted octanol–water partition coefficient (Wildman–Crippen LogP) is 1.71. The number of carbonyl (C=O) groups is 2. The Labute approximate surface area is 144 Å². The molecule has 0 unspecified atom stereocenters. The molecule has 1 amide bonds.